The third-order valence-electron chi connectivity index (χ3n) is 2.34. The maximum Gasteiger partial charge on any atom is 0.183 e. The molecule has 0 aliphatic rings. The van der Waals surface area contributed by atoms with E-state index in [1.807, 2.05) is 5.38 Å². The number of aliphatic hydroxyl groups excluding tert-OH is 2. The molecule has 1 aromatic carbocycles. The summed E-state index contributed by atoms with van der Waals surface area (Å²) < 4.78 is 12.8. The van der Waals surface area contributed by atoms with E-state index >= 15 is 0 Å². The first-order valence-corrected chi connectivity index (χ1v) is 6.31. The maximum atomic E-state index is 12.8. The molecule has 0 saturated carbocycles. The second kappa shape index (κ2) is 5.90. The fourth-order valence-corrected chi connectivity index (χ4v) is 2.11. The van der Waals surface area contributed by atoms with Crippen LogP contribution in [-0.4, -0.2) is 34.5 Å². The van der Waals surface area contributed by atoms with Crippen molar-refractivity contribution >= 4 is 16.5 Å². The Labute approximate surface area is 108 Å². The molecule has 0 aliphatic heterocycles. The van der Waals surface area contributed by atoms with Gasteiger partial charge >= 0.3 is 0 Å². The minimum absolute atomic E-state index is 0.243. The van der Waals surface area contributed by atoms with Crippen LogP contribution in [0.2, 0.25) is 0 Å². The summed E-state index contributed by atoms with van der Waals surface area (Å²) in [6.07, 6.45) is -0.803. The van der Waals surface area contributed by atoms with Crippen LogP contribution < -0.4 is 5.32 Å². The van der Waals surface area contributed by atoms with Gasteiger partial charge in [-0.3, -0.25) is 0 Å². The van der Waals surface area contributed by atoms with Crippen LogP contribution in [0, 0.1) is 5.82 Å². The Morgan fingerprint density at radius 3 is 2.72 bits per heavy atom. The number of benzene rings is 1. The molecule has 6 heteroatoms. The Kier molecular flexibility index (Phi) is 4.24. The molecule has 1 aromatic heterocycles. The van der Waals surface area contributed by atoms with Crippen molar-refractivity contribution in [3.63, 3.8) is 0 Å². The van der Waals surface area contributed by atoms with Crippen molar-refractivity contribution in [1.82, 2.24) is 4.98 Å². The highest BCUT2D eigenvalue weighted by atomic mass is 32.1. The van der Waals surface area contributed by atoms with Gasteiger partial charge in [-0.1, -0.05) is 0 Å². The molecule has 0 unspecified atom stereocenters. The first kappa shape index (κ1) is 12.9. The van der Waals surface area contributed by atoms with Gasteiger partial charge in [0.15, 0.2) is 5.13 Å². The van der Waals surface area contributed by atoms with E-state index in [0.29, 0.717) is 5.13 Å². The van der Waals surface area contributed by atoms with Gasteiger partial charge < -0.3 is 15.5 Å². The minimum Gasteiger partial charge on any atom is -0.394 e. The second-order valence-corrected chi connectivity index (χ2v) is 4.62. The largest absolute Gasteiger partial charge is 0.394 e. The molecular formula is C12H13FN2O2S. The molecule has 18 heavy (non-hydrogen) atoms. The van der Waals surface area contributed by atoms with Crippen molar-refractivity contribution in [1.29, 1.82) is 0 Å². The first-order chi connectivity index (χ1) is 8.69. The maximum absolute atomic E-state index is 12.8. The van der Waals surface area contributed by atoms with E-state index in [1.54, 1.807) is 12.1 Å². The Morgan fingerprint density at radius 2 is 2.06 bits per heavy atom. The van der Waals surface area contributed by atoms with E-state index in [-0.39, 0.29) is 19.0 Å². The van der Waals surface area contributed by atoms with Gasteiger partial charge in [-0.2, -0.15) is 0 Å². The number of halogens is 1. The summed E-state index contributed by atoms with van der Waals surface area (Å²) in [5.74, 6) is -0.279. The van der Waals surface area contributed by atoms with Crippen molar-refractivity contribution < 1.29 is 14.6 Å². The van der Waals surface area contributed by atoms with Gasteiger partial charge in [0.1, 0.15) is 5.82 Å². The molecule has 0 fully saturated rings. The molecular weight excluding hydrogens is 255 g/mol. The number of nitrogens with one attached hydrogen (secondary N) is 1. The van der Waals surface area contributed by atoms with Crippen molar-refractivity contribution in [3.8, 4) is 11.3 Å². The minimum atomic E-state index is -0.803. The molecule has 0 aliphatic carbocycles. The fraction of sp³-hybridized carbons (Fsp3) is 0.250. The van der Waals surface area contributed by atoms with E-state index in [1.165, 1.54) is 23.5 Å². The summed E-state index contributed by atoms with van der Waals surface area (Å²) in [4.78, 5) is 4.31. The van der Waals surface area contributed by atoms with E-state index in [4.69, 9.17) is 5.11 Å². The predicted molar refractivity (Wildman–Crippen MR) is 69.1 cm³/mol. The van der Waals surface area contributed by atoms with Crippen LogP contribution in [-0.2, 0) is 0 Å². The topological polar surface area (TPSA) is 65.4 Å². The third-order valence-corrected chi connectivity index (χ3v) is 3.14. The lowest BCUT2D eigenvalue weighted by Gasteiger charge is -2.06. The quantitative estimate of drug-likeness (QED) is 0.772. The van der Waals surface area contributed by atoms with Crippen molar-refractivity contribution in [2.45, 2.75) is 6.10 Å². The second-order valence-electron chi connectivity index (χ2n) is 3.76. The van der Waals surface area contributed by atoms with Crippen molar-refractivity contribution in [2.24, 2.45) is 0 Å². The van der Waals surface area contributed by atoms with E-state index in [2.05, 4.69) is 10.3 Å². The van der Waals surface area contributed by atoms with Gasteiger partial charge in [0.2, 0.25) is 0 Å². The lowest BCUT2D eigenvalue weighted by molar-refractivity contribution is 0.105. The molecule has 96 valence electrons. The molecule has 2 rings (SSSR count). The van der Waals surface area contributed by atoms with Crippen LogP contribution >= 0.6 is 11.3 Å². The first-order valence-electron chi connectivity index (χ1n) is 5.43. The van der Waals surface area contributed by atoms with Crippen LogP contribution in [0.4, 0.5) is 9.52 Å². The lowest BCUT2D eigenvalue weighted by Crippen LogP contribution is -2.22. The summed E-state index contributed by atoms with van der Waals surface area (Å²) in [6, 6.07) is 6.10. The number of nitrogens with zero attached hydrogens (tertiary/aromatic N) is 1. The Balaban J connectivity index is 2.03. The van der Waals surface area contributed by atoms with E-state index < -0.39 is 6.10 Å². The Hall–Kier alpha value is -1.50. The summed E-state index contributed by atoms with van der Waals surface area (Å²) in [5.41, 5.74) is 1.59. The molecule has 3 N–H and O–H groups in total. The molecule has 1 heterocycles. The van der Waals surface area contributed by atoms with Crippen LogP contribution in [0.3, 0.4) is 0 Å². The Bertz CT molecular complexity index is 501. The van der Waals surface area contributed by atoms with E-state index in [9.17, 15) is 9.50 Å². The van der Waals surface area contributed by atoms with Gasteiger partial charge in [0, 0.05) is 17.5 Å². The summed E-state index contributed by atoms with van der Waals surface area (Å²) >= 11 is 1.39. The van der Waals surface area contributed by atoms with Gasteiger partial charge in [-0.15, -0.1) is 11.3 Å². The monoisotopic (exact) mass is 268 g/mol. The predicted octanol–water partition coefficient (Wildman–Crippen LogP) is 1.71. The van der Waals surface area contributed by atoms with Gasteiger partial charge in [0.25, 0.3) is 0 Å². The molecule has 1 atom stereocenters. The number of anilines is 1. The molecule has 4 nitrogen and oxygen atoms in total. The fourth-order valence-electron chi connectivity index (χ4n) is 1.38. The smallest absolute Gasteiger partial charge is 0.183 e. The molecule has 0 bridgehead atoms. The number of hydrogen-bond acceptors (Lipinski definition) is 5. The third kappa shape index (κ3) is 3.25. The van der Waals surface area contributed by atoms with E-state index in [0.717, 1.165) is 11.3 Å². The number of hydrogen-bond donors (Lipinski definition) is 3. The zero-order valence-corrected chi connectivity index (χ0v) is 10.3. The van der Waals surface area contributed by atoms with Crippen molar-refractivity contribution in [3.05, 3.63) is 35.5 Å². The highest BCUT2D eigenvalue weighted by molar-refractivity contribution is 7.14. The van der Waals surface area contributed by atoms with Gasteiger partial charge in [-0.05, 0) is 24.3 Å². The number of rotatable bonds is 5. The number of thiazole rings is 1. The zero-order valence-electron chi connectivity index (χ0n) is 9.51. The molecule has 0 radical (unpaired) electrons. The number of aromatic nitrogens is 1. The van der Waals surface area contributed by atoms with Gasteiger partial charge in [-0.25, -0.2) is 9.37 Å². The molecule has 0 amide bonds. The normalized spacial score (nSPS) is 12.4. The van der Waals surface area contributed by atoms with Crippen LogP contribution in [0.5, 0.6) is 0 Å². The highest BCUT2D eigenvalue weighted by Crippen LogP contribution is 2.24. The SMILES string of the molecule is OC[C@H](O)CNc1nc(-c2ccc(F)cc2)cs1. The average Bonchev–Trinajstić information content (AvgIpc) is 2.85. The van der Waals surface area contributed by atoms with Crippen molar-refractivity contribution in [2.75, 3.05) is 18.5 Å². The standard InChI is InChI=1S/C12H13FN2O2S/c13-9-3-1-8(2-4-9)11-7-18-12(15-11)14-5-10(17)6-16/h1-4,7,10,16-17H,5-6H2,(H,14,15)/t10-/m1/s1. The lowest BCUT2D eigenvalue weighted by atomic mass is 10.2. The summed E-state index contributed by atoms with van der Waals surface area (Å²) in [6.45, 7) is -0.0456. The van der Waals surface area contributed by atoms with Crippen LogP contribution in [0.1, 0.15) is 0 Å². The highest BCUT2D eigenvalue weighted by Gasteiger charge is 2.06. The van der Waals surface area contributed by atoms with Crippen LogP contribution in [0.25, 0.3) is 11.3 Å². The molecule has 0 spiro atoms. The summed E-state index contributed by atoms with van der Waals surface area (Å²) in [7, 11) is 0. The molecule has 2 aromatic rings. The summed E-state index contributed by atoms with van der Waals surface area (Å²) in [5, 5.41) is 23.3. The number of aliphatic hydroxyl groups is 2. The van der Waals surface area contributed by atoms with Gasteiger partial charge in [0.05, 0.1) is 18.4 Å². The molecule has 0 saturated heterocycles. The zero-order chi connectivity index (χ0) is 13.0. The van der Waals surface area contributed by atoms with Crippen LogP contribution in [0.15, 0.2) is 29.6 Å². The average molecular weight is 268 g/mol. The Morgan fingerprint density at radius 1 is 1.33 bits per heavy atom.